The molecule has 0 fully saturated rings. The van der Waals surface area contributed by atoms with Crippen molar-refractivity contribution < 1.29 is 9.90 Å². The molecule has 0 spiro atoms. The normalized spacial score (nSPS) is 11.6. The molecule has 0 atom stereocenters. The molecule has 8 heteroatoms. The van der Waals surface area contributed by atoms with Gasteiger partial charge in [-0.3, -0.25) is 4.79 Å². The van der Waals surface area contributed by atoms with E-state index in [4.69, 9.17) is 0 Å². The van der Waals surface area contributed by atoms with Gasteiger partial charge in [-0.05, 0) is 48.8 Å². The van der Waals surface area contributed by atoms with Crippen LogP contribution in [-0.4, -0.2) is 21.7 Å². The summed E-state index contributed by atoms with van der Waals surface area (Å²) >= 11 is 7.94. The highest BCUT2D eigenvalue weighted by Crippen LogP contribution is 2.32. The number of halogens is 2. The highest BCUT2D eigenvalue weighted by Gasteiger charge is 2.14. The number of carbonyl (C=O) groups excluding carboxylic acids is 1. The van der Waals surface area contributed by atoms with Gasteiger partial charge in [-0.2, -0.15) is 5.10 Å². The van der Waals surface area contributed by atoms with Gasteiger partial charge in [0.05, 0.1) is 20.9 Å². The van der Waals surface area contributed by atoms with Gasteiger partial charge in [0.2, 0.25) is 0 Å². The average molecular weight is 447 g/mol. The zero-order valence-corrected chi connectivity index (χ0v) is 16.1. The van der Waals surface area contributed by atoms with Crippen LogP contribution in [0.25, 0.3) is 0 Å². The van der Waals surface area contributed by atoms with Gasteiger partial charge in [0, 0.05) is 10.0 Å². The molecule has 0 aliphatic rings. The maximum absolute atomic E-state index is 12.1. The van der Waals surface area contributed by atoms with Gasteiger partial charge < -0.3 is 5.11 Å². The van der Waals surface area contributed by atoms with E-state index in [9.17, 15) is 9.90 Å². The summed E-state index contributed by atoms with van der Waals surface area (Å²) in [6.45, 7) is 5.34. The first kappa shape index (κ1) is 17.1. The molecule has 1 heterocycles. The molecule has 1 aromatic carbocycles. The van der Waals surface area contributed by atoms with E-state index >= 15 is 0 Å². The Morgan fingerprint density at radius 3 is 2.64 bits per heavy atom. The van der Waals surface area contributed by atoms with Gasteiger partial charge in [-0.15, -0.1) is 11.3 Å². The fraction of sp³-hybridized carbons (Fsp3) is 0.214. The van der Waals surface area contributed by atoms with E-state index in [1.54, 1.807) is 26.0 Å². The number of hydrogen-bond acceptors (Lipinski definition) is 5. The number of phenolic OH excluding ortho intramolecular Hbond substituents is 1. The summed E-state index contributed by atoms with van der Waals surface area (Å²) in [7, 11) is 0. The van der Waals surface area contributed by atoms with Gasteiger partial charge >= 0.3 is 0 Å². The van der Waals surface area contributed by atoms with Crippen LogP contribution in [0, 0.1) is 13.8 Å². The van der Waals surface area contributed by atoms with E-state index in [2.05, 4.69) is 47.4 Å². The number of nitrogens with zero attached hydrogens (tertiary/aromatic N) is 2. The maximum atomic E-state index is 12.1. The van der Waals surface area contributed by atoms with E-state index in [-0.39, 0.29) is 11.7 Å². The highest BCUT2D eigenvalue weighted by molar-refractivity contribution is 9.11. The Morgan fingerprint density at radius 1 is 1.36 bits per heavy atom. The predicted molar refractivity (Wildman–Crippen MR) is 94.8 cm³/mol. The number of aromatic nitrogens is 1. The largest absolute Gasteiger partial charge is 0.506 e. The van der Waals surface area contributed by atoms with Crippen molar-refractivity contribution in [1.29, 1.82) is 0 Å². The molecule has 0 aliphatic carbocycles. The van der Waals surface area contributed by atoms with Crippen LogP contribution in [-0.2, 0) is 0 Å². The summed E-state index contributed by atoms with van der Waals surface area (Å²) in [6.07, 6.45) is 0. The van der Waals surface area contributed by atoms with Crippen molar-refractivity contribution in [3.8, 4) is 5.75 Å². The lowest BCUT2D eigenvalue weighted by Crippen LogP contribution is -2.19. The van der Waals surface area contributed by atoms with Crippen LogP contribution >= 0.6 is 43.2 Å². The van der Waals surface area contributed by atoms with Gasteiger partial charge in [0.1, 0.15) is 10.6 Å². The lowest BCUT2D eigenvalue weighted by molar-refractivity contribution is 0.0958. The zero-order valence-electron chi connectivity index (χ0n) is 12.1. The third-order valence-electron chi connectivity index (χ3n) is 2.85. The SMILES string of the molecule is CC(=NNC(=O)c1sc(C)nc1C)c1cc(Br)cc(Br)c1O. The number of phenols is 1. The Hall–Kier alpha value is -1.25. The number of rotatable bonds is 3. The van der Waals surface area contributed by atoms with Gasteiger partial charge in [0.15, 0.2) is 0 Å². The lowest BCUT2D eigenvalue weighted by atomic mass is 10.1. The number of nitrogens with one attached hydrogen (secondary N) is 1. The fourth-order valence-electron chi connectivity index (χ4n) is 1.83. The minimum Gasteiger partial charge on any atom is -0.506 e. The number of aryl methyl sites for hydroxylation is 2. The molecule has 1 amide bonds. The van der Waals surface area contributed by atoms with Gasteiger partial charge in [-0.25, -0.2) is 10.4 Å². The quantitative estimate of drug-likeness (QED) is 0.549. The fourth-order valence-corrected chi connectivity index (χ4v) is 3.86. The van der Waals surface area contributed by atoms with Crippen molar-refractivity contribution in [1.82, 2.24) is 10.4 Å². The third kappa shape index (κ3) is 3.74. The van der Waals surface area contributed by atoms with E-state index in [1.807, 2.05) is 6.92 Å². The minimum atomic E-state index is -0.309. The molecule has 0 bridgehead atoms. The maximum Gasteiger partial charge on any atom is 0.283 e. The van der Waals surface area contributed by atoms with E-state index in [0.29, 0.717) is 26.3 Å². The summed E-state index contributed by atoms with van der Waals surface area (Å²) in [5.41, 5.74) is 4.20. The van der Waals surface area contributed by atoms with Crippen molar-refractivity contribution in [2.75, 3.05) is 0 Å². The summed E-state index contributed by atoms with van der Waals surface area (Å²) in [5.74, 6) is -0.237. The van der Waals surface area contributed by atoms with Crippen LogP contribution in [0.2, 0.25) is 0 Å². The number of hydrogen-bond donors (Lipinski definition) is 2. The molecule has 2 N–H and O–H groups in total. The molecule has 116 valence electrons. The number of amides is 1. The van der Waals surface area contributed by atoms with Crippen molar-refractivity contribution in [2.45, 2.75) is 20.8 Å². The summed E-state index contributed by atoms with van der Waals surface area (Å²) in [6, 6.07) is 3.46. The standard InChI is InChI=1S/C14H13Br2N3O2S/c1-6(10-4-9(15)5-11(16)12(10)20)18-19-14(21)13-7(2)17-8(3)22-13/h4-5,20H,1-3H3,(H,19,21). The van der Waals surface area contributed by atoms with Crippen LogP contribution in [0.3, 0.4) is 0 Å². The number of hydrazone groups is 1. The van der Waals surface area contributed by atoms with E-state index < -0.39 is 0 Å². The molecule has 0 saturated heterocycles. The number of carbonyl (C=O) groups is 1. The monoisotopic (exact) mass is 445 g/mol. The summed E-state index contributed by atoms with van der Waals surface area (Å²) in [4.78, 5) is 16.9. The Kier molecular flexibility index (Phi) is 5.36. The first-order chi connectivity index (χ1) is 10.3. The molecule has 2 rings (SSSR count). The van der Waals surface area contributed by atoms with Crippen LogP contribution < -0.4 is 5.43 Å². The molecule has 2 aromatic rings. The first-order valence-electron chi connectivity index (χ1n) is 6.26. The van der Waals surface area contributed by atoms with Crippen molar-refractivity contribution in [3.63, 3.8) is 0 Å². The second-order valence-electron chi connectivity index (χ2n) is 4.57. The summed E-state index contributed by atoms with van der Waals surface area (Å²) < 4.78 is 1.34. The smallest absolute Gasteiger partial charge is 0.283 e. The second-order valence-corrected chi connectivity index (χ2v) is 7.54. The number of aromatic hydroxyl groups is 1. The Bertz CT molecular complexity index is 772. The Labute approximate surface area is 148 Å². The molecule has 0 saturated carbocycles. The van der Waals surface area contributed by atoms with Crippen LogP contribution in [0.5, 0.6) is 5.75 Å². The predicted octanol–water partition coefficient (Wildman–Crippen LogP) is 4.14. The zero-order chi connectivity index (χ0) is 16.4. The van der Waals surface area contributed by atoms with E-state index in [0.717, 1.165) is 9.48 Å². The Balaban J connectivity index is 2.23. The minimum absolute atomic E-state index is 0.0727. The molecular formula is C14H13Br2N3O2S. The molecule has 1 aromatic heterocycles. The van der Waals surface area contributed by atoms with Crippen LogP contribution in [0.1, 0.15) is 32.9 Å². The van der Waals surface area contributed by atoms with Crippen molar-refractivity contribution in [3.05, 3.63) is 42.2 Å². The van der Waals surface area contributed by atoms with Gasteiger partial charge in [0.25, 0.3) is 5.91 Å². The summed E-state index contributed by atoms with van der Waals surface area (Å²) in [5, 5.41) is 14.9. The number of benzene rings is 1. The first-order valence-corrected chi connectivity index (χ1v) is 8.67. The second kappa shape index (κ2) is 6.89. The average Bonchev–Trinajstić information content (AvgIpc) is 2.78. The molecule has 22 heavy (non-hydrogen) atoms. The van der Waals surface area contributed by atoms with Crippen LogP contribution in [0.4, 0.5) is 0 Å². The highest BCUT2D eigenvalue weighted by atomic mass is 79.9. The molecule has 0 aliphatic heterocycles. The number of thiazole rings is 1. The third-order valence-corrected chi connectivity index (χ3v) is 4.99. The van der Waals surface area contributed by atoms with Crippen molar-refractivity contribution >= 4 is 54.8 Å². The molecule has 0 unspecified atom stereocenters. The molecular weight excluding hydrogens is 434 g/mol. The molecule has 5 nitrogen and oxygen atoms in total. The lowest BCUT2D eigenvalue weighted by Gasteiger charge is -2.07. The van der Waals surface area contributed by atoms with Gasteiger partial charge in [-0.1, -0.05) is 15.9 Å². The van der Waals surface area contributed by atoms with E-state index in [1.165, 1.54) is 11.3 Å². The Morgan fingerprint density at radius 2 is 2.05 bits per heavy atom. The van der Waals surface area contributed by atoms with Crippen molar-refractivity contribution in [2.24, 2.45) is 5.10 Å². The molecule has 0 radical (unpaired) electrons. The van der Waals surface area contributed by atoms with Crippen LogP contribution in [0.15, 0.2) is 26.2 Å². The topological polar surface area (TPSA) is 74.6 Å².